The van der Waals surface area contributed by atoms with Gasteiger partial charge in [0, 0.05) is 6.54 Å². The first-order chi connectivity index (χ1) is 8.41. The van der Waals surface area contributed by atoms with Gasteiger partial charge in [-0.05, 0) is 29.5 Å². The van der Waals surface area contributed by atoms with Crippen molar-refractivity contribution in [1.29, 1.82) is 0 Å². The summed E-state index contributed by atoms with van der Waals surface area (Å²) in [6, 6.07) is 8.32. The quantitative estimate of drug-likeness (QED) is 0.778. The van der Waals surface area contributed by atoms with E-state index in [2.05, 4.69) is 58.1 Å². The molecule has 102 valence electrons. The summed E-state index contributed by atoms with van der Waals surface area (Å²) in [5, 5.41) is 3.39. The van der Waals surface area contributed by atoms with Gasteiger partial charge in [0.1, 0.15) is 12.4 Å². The Morgan fingerprint density at radius 3 is 2.44 bits per heavy atom. The van der Waals surface area contributed by atoms with Crippen molar-refractivity contribution >= 4 is 0 Å². The van der Waals surface area contributed by atoms with E-state index in [0.29, 0.717) is 5.92 Å². The molecule has 0 aliphatic heterocycles. The summed E-state index contributed by atoms with van der Waals surface area (Å²) in [4.78, 5) is 0. The van der Waals surface area contributed by atoms with Crippen LogP contribution in [-0.2, 0) is 5.41 Å². The minimum absolute atomic E-state index is 0.127. The fourth-order valence-electron chi connectivity index (χ4n) is 1.84. The number of hydrogen-bond acceptors (Lipinski definition) is 2. The molecule has 18 heavy (non-hydrogen) atoms. The highest BCUT2D eigenvalue weighted by atomic mass is 16.5. The number of para-hydroxylation sites is 1. The lowest BCUT2D eigenvalue weighted by molar-refractivity contribution is 0.303. The van der Waals surface area contributed by atoms with Crippen LogP contribution < -0.4 is 10.1 Å². The Morgan fingerprint density at radius 2 is 1.83 bits per heavy atom. The molecule has 0 spiro atoms. The molecule has 1 aromatic carbocycles. The smallest absolute Gasteiger partial charge is 0.123 e. The molecule has 0 unspecified atom stereocenters. The Hall–Kier alpha value is -1.02. The Bertz CT molecular complexity index is 352. The highest BCUT2D eigenvalue weighted by Crippen LogP contribution is 2.30. The van der Waals surface area contributed by atoms with E-state index in [1.165, 1.54) is 5.56 Å². The van der Waals surface area contributed by atoms with Crippen LogP contribution >= 0.6 is 0 Å². The van der Waals surface area contributed by atoms with Gasteiger partial charge in [0.15, 0.2) is 0 Å². The van der Waals surface area contributed by atoms with Crippen LogP contribution in [0.15, 0.2) is 24.3 Å². The average Bonchev–Trinajstić information content (AvgIpc) is 2.27. The molecule has 2 nitrogen and oxygen atoms in total. The van der Waals surface area contributed by atoms with Crippen LogP contribution in [0.3, 0.4) is 0 Å². The number of hydrogen-bond donors (Lipinski definition) is 1. The molecule has 0 aromatic heterocycles. The molecule has 0 atom stereocenters. The van der Waals surface area contributed by atoms with E-state index >= 15 is 0 Å². The lowest BCUT2D eigenvalue weighted by Gasteiger charge is -2.22. The summed E-state index contributed by atoms with van der Waals surface area (Å²) in [5.74, 6) is 1.70. The third-order valence-corrected chi connectivity index (χ3v) is 2.78. The van der Waals surface area contributed by atoms with E-state index in [0.717, 1.165) is 25.4 Å². The van der Waals surface area contributed by atoms with Gasteiger partial charge >= 0.3 is 0 Å². The minimum Gasteiger partial charge on any atom is -0.492 e. The zero-order chi connectivity index (χ0) is 13.6. The topological polar surface area (TPSA) is 21.3 Å². The van der Waals surface area contributed by atoms with Gasteiger partial charge < -0.3 is 10.1 Å². The second-order valence-corrected chi connectivity index (χ2v) is 6.19. The van der Waals surface area contributed by atoms with Gasteiger partial charge in [-0.3, -0.25) is 0 Å². The Labute approximate surface area is 112 Å². The number of rotatable bonds is 6. The van der Waals surface area contributed by atoms with Crippen molar-refractivity contribution in [3.63, 3.8) is 0 Å². The molecule has 1 rings (SSSR count). The molecule has 0 aliphatic carbocycles. The zero-order valence-electron chi connectivity index (χ0n) is 12.4. The summed E-state index contributed by atoms with van der Waals surface area (Å²) in [5.41, 5.74) is 1.40. The summed E-state index contributed by atoms with van der Waals surface area (Å²) in [7, 11) is 0. The third-order valence-electron chi connectivity index (χ3n) is 2.78. The minimum atomic E-state index is 0.127. The van der Waals surface area contributed by atoms with E-state index < -0.39 is 0 Å². The highest BCUT2D eigenvalue weighted by molar-refractivity contribution is 5.38. The van der Waals surface area contributed by atoms with Crippen molar-refractivity contribution in [3.05, 3.63) is 29.8 Å². The van der Waals surface area contributed by atoms with Gasteiger partial charge in [0.2, 0.25) is 0 Å². The van der Waals surface area contributed by atoms with Crippen molar-refractivity contribution in [2.24, 2.45) is 5.92 Å². The van der Waals surface area contributed by atoms with E-state index in [-0.39, 0.29) is 5.41 Å². The van der Waals surface area contributed by atoms with Crippen LogP contribution in [0.25, 0.3) is 0 Å². The number of ether oxygens (including phenoxy) is 1. The second-order valence-electron chi connectivity index (χ2n) is 6.19. The van der Waals surface area contributed by atoms with E-state index in [9.17, 15) is 0 Å². The molecule has 0 bridgehead atoms. The van der Waals surface area contributed by atoms with Crippen LogP contribution in [0, 0.1) is 5.92 Å². The molecule has 0 radical (unpaired) electrons. The predicted octanol–water partition coefficient (Wildman–Crippen LogP) is 3.61. The van der Waals surface area contributed by atoms with Crippen molar-refractivity contribution in [2.75, 3.05) is 19.7 Å². The molecular weight excluding hydrogens is 222 g/mol. The van der Waals surface area contributed by atoms with Crippen molar-refractivity contribution in [1.82, 2.24) is 5.32 Å². The molecule has 0 saturated heterocycles. The summed E-state index contributed by atoms with van der Waals surface area (Å²) < 4.78 is 5.88. The maximum Gasteiger partial charge on any atom is 0.123 e. The molecule has 0 aliphatic rings. The molecule has 1 aromatic rings. The maximum atomic E-state index is 5.88. The van der Waals surface area contributed by atoms with E-state index in [4.69, 9.17) is 4.74 Å². The normalized spacial score (nSPS) is 11.9. The molecule has 2 heteroatoms. The summed E-state index contributed by atoms with van der Waals surface area (Å²) in [6.45, 7) is 13.7. The van der Waals surface area contributed by atoms with Crippen LogP contribution in [0.4, 0.5) is 0 Å². The van der Waals surface area contributed by atoms with Gasteiger partial charge in [-0.25, -0.2) is 0 Å². The first-order valence-corrected chi connectivity index (χ1v) is 6.84. The first-order valence-electron chi connectivity index (χ1n) is 6.84. The van der Waals surface area contributed by atoms with Crippen molar-refractivity contribution in [3.8, 4) is 5.75 Å². The van der Waals surface area contributed by atoms with E-state index in [1.807, 2.05) is 6.07 Å². The van der Waals surface area contributed by atoms with Crippen LogP contribution in [0.1, 0.15) is 40.2 Å². The van der Waals surface area contributed by atoms with Gasteiger partial charge in [0.05, 0.1) is 0 Å². The Balaban J connectivity index is 2.47. The summed E-state index contributed by atoms with van der Waals surface area (Å²) in [6.07, 6.45) is 0. The van der Waals surface area contributed by atoms with Crippen LogP contribution in [0.5, 0.6) is 5.75 Å². The first kappa shape index (κ1) is 15.0. The lowest BCUT2D eigenvalue weighted by Crippen LogP contribution is -2.25. The molecule has 0 saturated carbocycles. The zero-order valence-corrected chi connectivity index (χ0v) is 12.4. The monoisotopic (exact) mass is 249 g/mol. The van der Waals surface area contributed by atoms with Crippen LogP contribution in [0.2, 0.25) is 0 Å². The van der Waals surface area contributed by atoms with Gasteiger partial charge in [-0.15, -0.1) is 0 Å². The van der Waals surface area contributed by atoms with Gasteiger partial charge in [-0.2, -0.15) is 0 Å². The third kappa shape index (κ3) is 5.09. The predicted molar refractivity (Wildman–Crippen MR) is 78.3 cm³/mol. The highest BCUT2D eigenvalue weighted by Gasteiger charge is 2.17. The molecule has 0 fully saturated rings. The maximum absolute atomic E-state index is 5.88. The van der Waals surface area contributed by atoms with Gasteiger partial charge in [-0.1, -0.05) is 52.8 Å². The molecular formula is C16H27NO. The van der Waals surface area contributed by atoms with Gasteiger partial charge in [0.25, 0.3) is 0 Å². The molecule has 0 amide bonds. The van der Waals surface area contributed by atoms with Crippen LogP contribution in [-0.4, -0.2) is 19.7 Å². The fourth-order valence-corrected chi connectivity index (χ4v) is 1.84. The summed E-state index contributed by atoms with van der Waals surface area (Å²) >= 11 is 0. The lowest BCUT2D eigenvalue weighted by atomic mass is 9.86. The SMILES string of the molecule is CC(C)CNCCOc1ccccc1C(C)(C)C. The largest absolute Gasteiger partial charge is 0.492 e. The standard InChI is InChI=1S/C16H27NO/c1-13(2)12-17-10-11-18-15-9-7-6-8-14(15)16(3,4)5/h6-9,13,17H,10-12H2,1-5H3. The van der Waals surface area contributed by atoms with Crippen molar-refractivity contribution in [2.45, 2.75) is 40.0 Å². The Kier molecular flexibility index (Phi) is 5.67. The second kappa shape index (κ2) is 6.79. The molecule has 0 heterocycles. The van der Waals surface area contributed by atoms with Crippen molar-refractivity contribution < 1.29 is 4.74 Å². The molecule has 1 N–H and O–H groups in total. The number of nitrogens with one attached hydrogen (secondary N) is 1. The fraction of sp³-hybridized carbons (Fsp3) is 0.625. The average molecular weight is 249 g/mol. The number of benzene rings is 1. The Morgan fingerprint density at radius 1 is 1.17 bits per heavy atom. The van der Waals surface area contributed by atoms with E-state index in [1.54, 1.807) is 0 Å².